The van der Waals surface area contributed by atoms with Gasteiger partial charge in [-0.1, -0.05) is 18.5 Å². The summed E-state index contributed by atoms with van der Waals surface area (Å²) >= 11 is 8.92. The van der Waals surface area contributed by atoms with Crippen LogP contribution in [0.3, 0.4) is 0 Å². The van der Waals surface area contributed by atoms with Gasteiger partial charge in [0.05, 0.1) is 16.8 Å². The second-order valence-corrected chi connectivity index (χ2v) is 4.51. The monoisotopic (exact) mass is 308 g/mol. The number of rotatable bonds is 3. The molecule has 0 aliphatic rings. The molecule has 0 aromatic heterocycles. The molecule has 3 nitrogen and oxygen atoms in total. The van der Waals surface area contributed by atoms with Gasteiger partial charge in [-0.3, -0.25) is 4.79 Å². The van der Waals surface area contributed by atoms with Crippen LogP contribution in [0.2, 0.25) is 5.02 Å². The van der Waals surface area contributed by atoms with Crippen molar-refractivity contribution in [2.45, 2.75) is 19.4 Å². The normalized spacial score (nSPS) is 12.3. The third-order valence-corrected chi connectivity index (χ3v) is 2.96. The third kappa shape index (κ3) is 3.17. The van der Waals surface area contributed by atoms with E-state index >= 15 is 0 Å². The van der Waals surface area contributed by atoms with Crippen molar-refractivity contribution in [1.29, 1.82) is 0 Å². The SMILES string of the molecule is CC[C@H](N)C(=O)Nc1c(Cl)cc(F)cc1Br. The van der Waals surface area contributed by atoms with Gasteiger partial charge in [-0.05, 0) is 34.5 Å². The van der Waals surface area contributed by atoms with E-state index in [-0.39, 0.29) is 10.9 Å². The number of hydrogen-bond acceptors (Lipinski definition) is 2. The molecule has 16 heavy (non-hydrogen) atoms. The van der Waals surface area contributed by atoms with Crippen molar-refractivity contribution in [2.24, 2.45) is 5.73 Å². The summed E-state index contributed by atoms with van der Waals surface area (Å²) in [5.74, 6) is -0.827. The fraction of sp³-hybridized carbons (Fsp3) is 0.300. The van der Waals surface area contributed by atoms with Gasteiger partial charge in [0, 0.05) is 4.47 Å². The Labute approximate surface area is 106 Å². The van der Waals surface area contributed by atoms with E-state index in [4.69, 9.17) is 17.3 Å². The van der Waals surface area contributed by atoms with Gasteiger partial charge in [-0.15, -0.1) is 0 Å². The Kier molecular flexibility index (Phi) is 4.70. The standard InChI is InChI=1S/C10H11BrClFN2O/c1-2-8(14)10(16)15-9-6(11)3-5(13)4-7(9)12/h3-4,8H,2,14H2,1H3,(H,15,16)/t8-/m0/s1. The molecule has 1 aromatic carbocycles. The average molecular weight is 310 g/mol. The van der Waals surface area contributed by atoms with E-state index in [1.165, 1.54) is 6.07 Å². The van der Waals surface area contributed by atoms with Gasteiger partial charge in [-0.2, -0.15) is 0 Å². The van der Waals surface area contributed by atoms with E-state index in [1.54, 1.807) is 6.92 Å². The van der Waals surface area contributed by atoms with Crippen molar-refractivity contribution < 1.29 is 9.18 Å². The molecule has 0 aliphatic heterocycles. The van der Waals surface area contributed by atoms with Gasteiger partial charge < -0.3 is 11.1 Å². The highest BCUT2D eigenvalue weighted by Gasteiger charge is 2.15. The quantitative estimate of drug-likeness (QED) is 0.902. The summed E-state index contributed by atoms with van der Waals surface area (Å²) in [5, 5.41) is 2.68. The van der Waals surface area contributed by atoms with Gasteiger partial charge in [0.15, 0.2) is 0 Å². The molecule has 6 heteroatoms. The lowest BCUT2D eigenvalue weighted by Crippen LogP contribution is -2.35. The van der Waals surface area contributed by atoms with Crippen molar-refractivity contribution in [3.05, 3.63) is 27.4 Å². The Bertz CT molecular complexity index is 391. The first-order valence-electron chi connectivity index (χ1n) is 4.66. The van der Waals surface area contributed by atoms with Crippen molar-refractivity contribution >= 4 is 39.1 Å². The summed E-state index contributed by atoms with van der Waals surface area (Å²) in [6, 6.07) is 1.74. The average Bonchev–Trinajstić information content (AvgIpc) is 2.21. The molecule has 3 N–H and O–H groups in total. The molecule has 0 radical (unpaired) electrons. The summed E-state index contributed by atoms with van der Waals surface area (Å²) < 4.78 is 13.3. The number of halogens is 3. The van der Waals surface area contributed by atoms with Gasteiger partial charge in [0.2, 0.25) is 5.91 Å². The second kappa shape index (κ2) is 5.61. The van der Waals surface area contributed by atoms with Crippen LogP contribution in [0.15, 0.2) is 16.6 Å². The molecule has 0 fully saturated rings. The molecule has 0 aliphatic carbocycles. The van der Waals surface area contributed by atoms with E-state index in [9.17, 15) is 9.18 Å². The number of nitrogens with two attached hydrogens (primary N) is 1. The summed E-state index contributed by atoms with van der Waals surface area (Å²) in [6.07, 6.45) is 0.516. The Hall–Kier alpha value is -0.650. The van der Waals surface area contributed by atoms with Crippen LogP contribution in [0.5, 0.6) is 0 Å². The van der Waals surface area contributed by atoms with Gasteiger partial charge in [0.25, 0.3) is 0 Å². The molecule has 1 amide bonds. The lowest BCUT2D eigenvalue weighted by molar-refractivity contribution is -0.117. The first-order chi connectivity index (χ1) is 7.45. The largest absolute Gasteiger partial charge is 0.322 e. The fourth-order valence-corrected chi connectivity index (χ4v) is 1.96. The molecule has 88 valence electrons. The van der Waals surface area contributed by atoms with Gasteiger partial charge >= 0.3 is 0 Å². The smallest absolute Gasteiger partial charge is 0.241 e. The Morgan fingerprint density at radius 2 is 2.31 bits per heavy atom. The van der Waals surface area contributed by atoms with Crippen LogP contribution >= 0.6 is 27.5 Å². The van der Waals surface area contributed by atoms with Crippen LogP contribution in [0.4, 0.5) is 10.1 Å². The maximum atomic E-state index is 12.9. The lowest BCUT2D eigenvalue weighted by atomic mass is 10.2. The third-order valence-electron chi connectivity index (χ3n) is 2.03. The summed E-state index contributed by atoms with van der Waals surface area (Å²) in [4.78, 5) is 11.5. The van der Waals surface area contributed by atoms with Crippen LogP contribution in [0.25, 0.3) is 0 Å². The first-order valence-corrected chi connectivity index (χ1v) is 5.83. The zero-order chi connectivity index (χ0) is 12.3. The van der Waals surface area contributed by atoms with Crippen molar-refractivity contribution in [3.63, 3.8) is 0 Å². The molecule has 1 aromatic rings. The topological polar surface area (TPSA) is 55.1 Å². The highest BCUT2D eigenvalue weighted by atomic mass is 79.9. The number of anilines is 1. The first kappa shape index (κ1) is 13.4. The number of amides is 1. The molecule has 0 heterocycles. The van der Waals surface area contributed by atoms with Crippen LogP contribution in [0, 0.1) is 5.82 Å². The fourth-order valence-electron chi connectivity index (χ4n) is 1.06. The molecule has 0 spiro atoms. The zero-order valence-corrected chi connectivity index (χ0v) is 10.9. The molecule has 0 bridgehead atoms. The van der Waals surface area contributed by atoms with Crippen molar-refractivity contribution in [3.8, 4) is 0 Å². The van der Waals surface area contributed by atoms with Crippen molar-refractivity contribution in [2.75, 3.05) is 5.32 Å². The highest BCUT2D eigenvalue weighted by Crippen LogP contribution is 2.31. The van der Waals surface area contributed by atoms with E-state index in [0.29, 0.717) is 16.6 Å². The molecule has 1 rings (SSSR count). The Morgan fingerprint density at radius 1 is 1.69 bits per heavy atom. The summed E-state index contributed by atoms with van der Waals surface area (Å²) in [5.41, 5.74) is 5.88. The van der Waals surface area contributed by atoms with E-state index in [1.807, 2.05) is 0 Å². The molecule has 0 saturated heterocycles. The number of benzene rings is 1. The van der Waals surface area contributed by atoms with Crippen LogP contribution in [0.1, 0.15) is 13.3 Å². The Morgan fingerprint density at radius 3 is 2.81 bits per heavy atom. The predicted octanol–water partition coefficient (Wildman–Crippen LogP) is 2.92. The number of carbonyl (C=O) groups excluding carboxylic acids is 1. The maximum absolute atomic E-state index is 12.9. The minimum atomic E-state index is -0.604. The Balaban J connectivity index is 2.93. The number of hydrogen-bond donors (Lipinski definition) is 2. The number of carbonyl (C=O) groups is 1. The summed E-state index contributed by atoms with van der Waals surface area (Å²) in [7, 11) is 0. The second-order valence-electron chi connectivity index (χ2n) is 3.25. The predicted molar refractivity (Wildman–Crippen MR) is 66.0 cm³/mol. The molecule has 1 atom stereocenters. The van der Waals surface area contributed by atoms with Crippen molar-refractivity contribution in [1.82, 2.24) is 0 Å². The minimum absolute atomic E-state index is 0.128. The van der Waals surface area contributed by atoms with Crippen LogP contribution < -0.4 is 11.1 Å². The lowest BCUT2D eigenvalue weighted by Gasteiger charge is -2.12. The molecule has 0 unspecified atom stereocenters. The minimum Gasteiger partial charge on any atom is -0.322 e. The number of nitrogens with one attached hydrogen (secondary N) is 1. The summed E-state index contributed by atoms with van der Waals surface area (Å²) in [6.45, 7) is 1.80. The molecular formula is C10H11BrClFN2O. The molecular weight excluding hydrogens is 298 g/mol. The van der Waals surface area contributed by atoms with Crippen LogP contribution in [-0.2, 0) is 4.79 Å². The van der Waals surface area contributed by atoms with Gasteiger partial charge in [0.1, 0.15) is 5.82 Å². The van der Waals surface area contributed by atoms with E-state index in [2.05, 4.69) is 21.2 Å². The van der Waals surface area contributed by atoms with Crippen LogP contribution in [-0.4, -0.2) is 11.9 Å². The maximum Gasteiger partial charge on any atom is 0.241 e. The van der Waals surface area contributed by atoms with E-state index < -0.39 is 11.9 Å². The van der Waals surface area contributed by atoms with E-state index in [0.717, 1.165) is 6.07 Å². The zero-order valence-electron chi connectivity index (χ0n) is 8.56. The highest BCUT2D eigenvalue weighted by molar-refractivity contribution is 9.10. The van der Waals surface area contributed by atoms with Gasteiger partial charge in [-0.25, -0.2) is 4.39 Å². The molecule has 0 saturated carbocycles.